The van der Waals surface area contributed by atoms with Crippen molar-refractivity contribution in [2.45, 2.75) is 6.42 Å². The minimum Gasteiger partial charge on any atom is -0.351 e. The van der Waals surface area contributed by atoms with Crippen LogP contribution < -0.4 is 5.32 Å². The van der Waals surface area contributed by atoms with E-state index in [4.69, 9.17) is 0 Å². The molecule has 0 aromatic heterocycles. The molecule has 0 aromatic rings. The molecule has 0 spiro atoms. The molecule has 0 atom stereocenters. The van der Waals surface area contributed by atoms with Crippen LogP contribution in [0.2, 0.25) is 0 Å². The number of carbonyl (C=O) groups is 1. The Kier molecular flexibility index (Phi) is 6.02. The van der Waals surface area contributed by atoms with Crippen LogP contribution in [-0.2, 0) is 4.79 Å². The predicted octanol–water partition coefficient (Wildman–Crippen LogP) is 0.963. The van der Waals surface area contributed by atoms with Crippen molar-refractivity contribution in [3.8, 4) is 0 Å². The van der Waals surface area contributed by atoms with Crippen LogP contribution in [0.4, 0.5) is 0 Å². The summed E-state index contributed by atoms with van der Waals surface area (Å²) < 4.78 is 0.792. The van der Waals surface area contributed by atoms with Gasteiger partial charge in [-0.3, -0.25) is 4.79 Å². The molecule has 0 rings (SSSR count). The molecule has 0 aliphatic rings. The molecule has 70 valence electrons. The lowest BCUT2D eigenvalue weighted by molar-refractivity contribution is -0.121. The lowest BCUT2D eigenvalue weighted by atomic mass is 10.4. The van der Waals surface area contributed by atoms with E-state index in [0.29, 0.717) is 13.0 Å². The molecule has 3 nitrogen and oxygen atoms in total. The van der Waals surface area contributed by atoms with E-state index in [1.165, 1.54) is 0 Å². The molecule has 0 bridgehead atoms. The summed E-state index contributed by atoms with van der Waals surface area (Å²) in [5.74, 6) is 0.0595. The monoisotopic (exact) mass is 234 g/mol. The highest BCUT2D eigenvalue weighted by Gasteiger charge is 2.00. The Balaban J connectivity index is 3.40. The topological polar surface area (TPSA) is 32.3 Å². The molecule has 0 saturated carbocycles. The number of nitrogens with one attached hydrogen (secondary N) is 1. The minimum atomic E-state index is 0.0595. The molecular weight excluding hydrogens is 220 g/mol. The van der Waals surface area contributed by atoms with Gasteiger partial charge < -0.3 is 10.2 Å². The SMILES string of the molecule is C=C(Br)CNC(=O)CCN(C)C. The zero-order valence-corrected chi connectivity index (χ0v) is 9.15. The Hall–Kier alpha value is -0.350. The second kappa shape index (κ2) is 6.20. The molecule has 0 heterocycles. The van der Waals surface area contributed by atoms with E-state index in [2.05, 4.69) is 27.8 Å². The van der Waals surface area contributed by atoms with Gasteiger partial charge in [-0.25, -0.2) is 0 Å². The molecule has 0 radical (unpaired) electrons. The Morgan fingerprint density at radius 1 is 1.58 bits per heavy atom. The van der Waals surface area contributed by atoms with Crippen LogP contribution in [0, 0.1) is 0 Å². The largest absolute Gasteiger partial charge is 0.351 e. The van der Waals surface area contributed by atoms with E-state index in [9.17, 15) is 4.79 Å². The predicted molar refractivity (Wildman–Crippen MR) is 54.2 cm³/mol. The number of rotatable bonds is 5. The molecule has 4 heteroatoms. The number of nitrogens with zero attached hydrogens (tertiary/aromatic N) is 1. The minimum absolute atomic E-state index is 0.0595. The van der Waals surface area contributed by atoms with Crippen LogP contribution in [0.3, 0.4) is 0 Å². The van der Waals surface area contributed by atoms with E-state index in [-0.39, 0.29) is 5.91 Å². The van der Waals surface area contributed by atoms with Crippen molar-refractivity contribution < 1.29 is 4.79 Å². The summed E-state index contributed by atoms with van der Waals surface area (Å²) >= 11 is 3.16. The van der Waals surface area contributed by atoms with Gasteiger partial charge in [-0.1, -0.05) is 22.5 Å². The van der Waals surface area contributed by atoms with Gasteiger partial charge in [-0.15, -0.1) is 0 Å². The fourth-order valence-electron chi connectivity index (χ4n) is 0.608. The fourth-order valence-corrected chi connectivity index (χ4v) is 0.748. The van der Waals surface area contributed by atoms with Gasteiger partial charge in [0.15, 0.2) is 0 Å². The summed E-state index contributed by atoms with van der Waals surface area (Å²) in [5, 5.41) is 2.73. The third-order valence-corrected chi connectivity index (χ3v) is 1.54. The van der Waals surface area contributed by atoms with Crippen molar-refractivity contribution in [3.05, 3.63) is 11.1 Å². The van der Waals surface area contributed by atoms with Crippen LogP contribution in [0.15, 0.2) is 11.1 Å². The lowest BCUT2D eigenvalue weighted by Gasteiger charge is -2.08. The van der Waals surface area contributed by atoms with E-state index >= 15 is 0 Å². The fraction of sp³-hybridized carbons (Fsp3) is 0.625. The van der Waals surface area contributed by atoms with Gasteiger partial charge in [-0.2, -0.15) is 0 Å². The molecule has 0 aromatic carbocycles. The Morgan fingerprint density at radius 3 is 2.58 bits per heavy atom. The molecule has 12 heavy (non-hydrogen) atoms. The van der Waals surface area contributed by atoms with E-state index in [0.717, 1.165) is 11.0 Å². The van der Waals surface area contributed by atoms with Gasteiger partial charge >= 0.3 is 0 Å². The summed E-state index contributed by atoms with van der Waals surface area (Å²) in [6.45, 7) is 4.90. The summed E-state index contributed by atoms with van der Waals surface area (Å²) in [5.41, 5.74) is 0. The van der Waals surface area contributed by atoms with Crippen LogP contribution in [0.1, 0.15) is 6.42 Å². The summed E-state index contributed by atoms with van der Waals surface area (Å²) in [6.07, 6.45) is 0.535. The number of halogens is 1. The summed E-state index contributed by atoms with van der Waals surface area (Å²) in [6, 6.07) is 0. The van der Waals surface area contributed by atoms with Gasteiger partial charge in [0.25, 0.3) is 0 Å². The highest BCUT2D eigenvalue weighted by molar-refractivity contribution is 9.11. The van der Waals surface area contributed by atoms with Crippen LogP contribution >= 0.6 is 15.9 Å². The first kappa shape index (κ1) is 11.6. The number of amides is 1. The highest BCUT2D eigenvalue weighted by Crippen LogP contribution is 1.96. The van der Waals surface area contributed by atoms with Crippen LogP contribution in [0.5, 0.6) is 0 Å². The molecule has 0 fully saturated rings. The van der Waals surface area contributed by atoms with E-state index in [1.54, 1.807) is 0 Å². The third kappa shape index (κ3) is 7.75. The smallest absolute Gasteiger partial charge is 0.221 e. The first-order valence-electron chi connectivity index (χ1n) is 3.77. The van der Waals surface area contributed by atoms with Crippen LogP contribution in [0.25, 0.3) is 0 Å². The highest BCUT2D eigenvalue weighted by atomic mass is 79.9. The molecule has 0 saturated heterocycles. The van der Waals surface area contributed by atoms with Crippen molar-refractivity contribution in [2.24, 2.45) is 0 Å². The first-order chi connectivity index (χ1) is 5.52. The zero-order valence-electron chi connectivity index (χ0n) is 7.56. The standard InChI is InChI=1S/C8H15BrN2O/c1-7(9)6-10-8(12)4-5-11(2)3/h1,4-6H2,2-3H3,(H,10,12). The molecule has 1 amide bonds. The zero-order chi connectivity index (χ0) is 9.56. The lowest BCUT2D eigenvalue weighted by Crippen LogP contribution is -2.27. The quantitative estimate of drug-likeness (QED) is 0.769. The normalized spacial score (nSPS) is 10.0. The number of hydrogen-bond donors (Lipinski definition) is 1. The van der Waals surface area contributed by atoms with Gasteiger partial charge in [0.2, 0.25) is 5.91 Å². The molecule has 0 aliphatic carbocycles. The molecule has 0 unspecified atom stereocenters. The number of carbonyl (C=O) groups excluding carboxylic acids is 1. The maximum atomic E-state index is 11.1. The van der Waals surface area contributed by atoms with Crippen molar-refractivity contribution >= 4 is 21.8 Å². The molecule has 1 N–H and O–H groups in total. The Morgan fingerprint density at radius 2 is 2.17 bits per heavy atom. The Labute approximate surface area is 81.9 Å². The maximum Gasteiger partial charge on any atom is 0.221 e. The molecular formula is C8H15BrN2O. The van der Waals surface area contributed by atoms with Gasteiger partial charge in [0.05, 0.1) is 0 Å². The van der Waals surface area contributed by atoms with Gasteiger partial charge in [0.1, 0.15) is 0 Å². The summed E-state index contributed by atoms with van der Waals surface area (Å²) in [7, 11) is 3.88. The Bertz CT molecular complexity index is 168. The average Bonchev–Trinajstić information content (AvgIpc) is 1.96. The average molecular weight is 235 g/mol. The van der Waals surface area contributed by atoms with E-state index < -0.39 is 0 Å². The van der Waals surface area contributed by atoms with Crippen molar-refractivity contribution in [2.75, 3.05) is 27.2 Å². The summed E-state index contributed by atoms with van der Waals surface area (Å²) in [4.78, 5) is 13.0. The maximum absolute atomic E-state index is 11.1. The van der Waals surface area contributed by atoms with E-state index in [1.807, 2.05) is 19.0 Å². The van der Waals surface area contributed by atoms with Crippen molar-refractivity contribution in [1.29, 1.82) is 0 Å². The second-order valence-corrected chi connectivity index (χ2v) is 3.97. The van der Waals surface area contributed by atoms with Crippen molar-refractivity contribution in [1.82, 2.24) is 10.2 Å². The van der Waals surface area contributed by atoms with Gasteiger partial charge in [-0.05, 0) is 14.1 Å². The second-order valence-electron chi connectivity index (χ2n) is 2.85. The molecule has 0 aliphatic heterocycles. The number of hydrogen-bond acceptors (Lipinski definition) is 2. The van der Waals surface area contributed by atoms with Crippen LogP contribution in [-0.4, -0.2) is 38.0 Å². The third-order valence-electron chi connectivity index (χ3n) is 1.26. The van der Waals surface area contributed by atoms with Gasteiger partial charge in [0, 0.05) is 24.0 Å². The first-order valence-corrected chi connectivity index (χ1v) is 4.56. The van der Waals surface area contributed by atoms with Crippen molar-refractivity contribution in [3.63, 3.8) is 0 Å².